The van der Waals surface area contributed by atoms with Gasteiger partial charge >= 0.3 is 0 Å². The first-order valence-corrected chi connectivity index (χ1v) is 10.0. The zero-order valence-electron chi connectivity index (χ0n) is 14.6. The van der Waals surface area contributed by atoms with Crippen LogP contribution in [0.15, 0.2) is 41.9 Å². The molecule has 0 bridgehead atoms. The summed E-state index contributed by atoms with van der Waals surface area (Å²) >= 11 is 7.71. The standard InChI is InChI=1S/C19H19ClN4O2S/c20-16-4-2-1-3-15(16)19-22-14(12-27-19)9-18(25)23-17-5-7-21-24(17)10-13-6-8-26-11-13/h1-5,7,12-13H,6,8-11H2,(H,23,25)/t13-/m1/s1. The summed E-state index contributed by atoms with van der Waals surface area (Å²) in [5.41, 5.74) is 1.61. The van der Waals surface area contributed by atoms with Crippen LogP contribution >= 0.6 is 22.9 Å². The molecular formula is C19H19ClN4O2S. The van der Waals surface area contributed by atoms with Gasteiger partial charge in [0.15, 0.2) is 0 Å². The predicted molar refractivity (Wildman–Crippen MR) is 106 cm³/mol. The number of amides is 1. The van der Waals surface area contributed by atoms with E-state index in [2.05, 4.69) is 15.4 Å². The van der Waals surface area contributed by atoms with Crippen LogP contribution < -0.4 is 5.32 Å². The van der Waals surface area contributed by atoms with Gasteiger partial charge in [-0.2, -0.15) is 5.10 Å². The second-order valence-corrected chi connectivity index (χ2v) is 7.74. The van der Waals surface area contributed by atoms with Crippen molar-refractivity contribution in [2.75, 3.05) is 18.5 Å². The zero-order valence-corrected chi connectivity index (χ0v) is 16.2. The molecule has 2 aromatic heterocycles. The summed E-state index contributed by atoms with van der Waals surface area (Å²) in [7, 11) is 0. The number of benzene rings is 1. The molecule has 0 unspecified atom stereocenters. The average molecular weight is 403 g/mol. The summed E-state index contributed by atoms with van der Waals surface area (Å²) in [6.45, 7) is 2.29. The van der Waals surface area contributed by atoms with Crippen molar-refractivity contribution >= 4 is 34.7 Å². The van der Waals surface area contributed by atoms with Crippen molar-refractivity contribution in [1.82, 2.24) is 14.8 Å². The lowest BCUT2D eigenvalue weighted by molar-refractivity contribution is -0.115. The van der Waals surface area contributed by atoms with Crippen LogP contribution in [0.25, 0.3) is 10.6 Å². The summed E-state index contributed by atoms with van der Waals surface area (Å²) in [5, 5.41) is 10.6. The molecule has 0 radical (unpaired) electrons. The van der Waals surface area contributed by atoms with Gasteiger partial charge in [0.25, 0.3) is 0 Å². The van der Waals surface area contributed by atoms with Crippen molar-refractivity contribution in [3.8, 4) is 10.6 Å². The largest absolute Gasteiger partial charge is 0.381 e. The zero-order chi connectivity index (χ0) is 18.6. The molecule has 0 aliphatic carbocycles. The minimum absolute atomic E-state index is 0.115. The van der Waals surface area contributed by atoms with Crippen molar-refractivity contribution in [2.24, 2.45) is 5.92 Å². The molecule has 1 N–H and O–H groups in total. The summed E-state index contributed by atoms with van der Waals surface area (Å²) < 4.78 is 7.23. The number of halogens is 1. The number of ether oxygens (including phenoxy) is 1. The van der Waals surface area contributed by atoms with E-state index in [0.29, 0.717) is 16.8 Å². The third-order valence-electron chi connectivity index (χ3n) is 4.44. The molecule has 1 fully saturated rings. The number of nitrogens with one attached hydrogen (secondary N) is 1. The minimum atomic E-state index is -0.115. The summed E-state index contributed by atoms with van der Waals surface area (Å²) in [6.07, 6.45) is 2.93. The van der Waals surface area contributed by atoms with Crippen LogP contribution in [0.2, 0.25) is 5.02 Å². The van der Waals surface area contributed by atoms with Gasteiger partial charge in [-0.05, 0) is 12.5 Å². The number of anilines is 1. The van der Waals surface area contributed by atoms with Crippen LogP contribution in [0.1, 0.15) is 12.1 Å². The topological polar surface area (TPSA) is 69.0 Å². The predicted octanol–water partition coefficient (Wildman–Crippen LogP) is 3.88. The molecular weight excluding hydrogens is 384 g/mol. The SMILES string of the molecule is O=C(Cc1csc(-c2ccccc2Cl)n1)Nc1ccnn1C[C@H]1CCOC1. The summed E-state index contributed by atoms with van der Waals surface area (Å²) in [5.74, 6) is 1.03. The summed E-state index contributed by atoms with van der Waals surface area (Å²) in [4.78, 5) is 17.0. The van der Waals surface area contributed by atoms with E-state index in [1.165, 1.54) is 11.3 Å². The van der Waals surface area contributed by atoms with Crippen LogP contribution in [-0.2, 0) is 22.5 Å². The van der Waals surface area contributed by atoms with Gasteiger partial charge < -0.3 is 10.1 Å². The second kappa shape index (κ2) is 8.21. The Morgan fingerprint density at radius 1 is 1.37 bits per heavy atom. The highest BCUT2D eigenvalue weighted by molar-refractivity contribution is 7.13. The lowest BCUT2D eigenvalue weighted by atomic mass is 10.1. The highest BCUT2D eigenvalue weighted by Gasteiger charge is 2.18. The Bertz CT molecular complexity index is 933. The molecule has 0 saturated carbocycles. The van der Waals surface area contributed by atoms with Crippen molar-refractivity contribution in [3.05, 3.63) is 52.6 Å². The Balaban J connectivity index is 1.39. The van der Waals surface area contributed by atoms with Gasteiger partial charge in [0.2, 0.25) is 5.91 Å². The number of aromatic nitrogens is 3. The molecule has 140 valence electrons. The number of carbonyl (C=O) groups excluding carboxylic acids is 1. The molecule has 1 atom stereocenters. The Morgan fingerprint density at radius 2 is 2.26 bits per heavy atom. The van der Waals surface area contributed by atoms with Gasteiger partial charge in [-0.25, -0.2) is 9.67 Å². The molecule has 3 aromatic rings. The number of hydrogen-bond donors (Lipinski definition) is 1. The normalized spacial score (nSPS) is 16.6. The minimum Gasteiger partial charge on any atom is -0.381 e. The van der Waals surface area contributed by atoms with E-state index in [1.54, 1.807) is 6.20 Å². The van der Waals surface area contributed by atoms with Crippen LogP contribution in [0, 0.1) is 5.92 Å². The summed E-state index contributed by atoms with van der Waals surface area (Å²) in [6, 6.07) is 9.38. The van der Waals surface area contributed by atoms with Gasteiger partial charge in [0, 0.05) is 36.1 Å². The molecule has 0 spiro atoms. The lowest BCUT2D eigenvalue weighted by Gasteiger charge is -2.12. The van der Waals surface area contributed by atoms with Crippen molar-refractivity contribution in [1.29, 1.82) is 0 Å². The molecule has 1 aromatic carbocycles. The number of nitrogens with zero attached hydrogens (tertiary/aromatic N) is 3. The Labute approximate surface area is 166 Å². The van der Waals surface area contributed by atoms with E-state index in [9.17, 15) is 4.79 Å². The molecule has 1 aliphatic rings. The van der Waals surface area contributed by atoms with Gasteiger partial charge in [0.05, 0.1) is 29.9 Å². The van der Waals surface area contributed by atoms with Crippen LogP contribution in [0.4, 0.5) is 5.82 Å². The molecule has 4 rings (SSSR count). The molecule has 1 amide bonds. The van der Waals surface area contributed by atoms with Gasteiger partial charge in [-0.1, -0.05) is 29.8 Å². The van der Waals surface area contributed by atoms with Gasteiger partial charge in [-0.15, -0.1) is 11.3 Å². The number of carbonyl (C=O) groups is 1. The van der Waals surface area contributed by atoms with E-state index in [1.807, 2.05) is 40.4 Å². The van der Waals surface area contributed by atoms with Gasteiger partial charge in [-0.3, -0.25) is 4.79 Å². The maximum absolute atomic E-state index is 12.4. The molecule has 6 nitrogen and oxygen atoms in total. The molecule has 1 aliphatic heterocycles. The fraction of sp³-hybridized carbons (Fsp3) is 0.316. The van der Waals surface area contributed by atoms with Crippen LogP contribution in [0.5, 0.6) is 0 Å². The Hall–Kier alpha value is -2.22. The number of thiazole rings is 1. The number of hydrogen-bond acceptors (Lipinski definition) is 5. The van der Waals surface area contributed by atoms with Crippen molar-refractivity contribution in [2.45, 2.75) is 19.4 Å². The monoisotopic (exact) mass is 402 g/mol. The fourth-order valence-corrected chi connectivity index (χ4v) is 4.19. The lowest BCUT2D eigenvalue weighted by Crippen LogP contribution is -2.20. The quantitative estimate of drug-likeness (QED) is 0.679. The average Bonchev–Trinajstić information content (AvgIpc) is 3.40. The van der Waals surface area contributed by atoms with Crippen LogP contribution in [-0.4, -0.2) is 33.9 Å². The fourth-order valence-electron chi connectivity index (χ4n) is 3.05. The molecule has 3 heterocycles. The number of rotatable bonds is 6. The van der Waals surface area contributed by atoms with Crippen molar-refractivity contribution < 1.29 is 9.53 Å². The van der Waals surface area contributed by atoms with E-state index >= 15 is 0 Å². The second-order valence-electron chi connectivity index (χ2n) is 6.48. The van der Waals surface area contributed by atoms with E-state index in [4.69, 9.17) is 16.3 Å². The highest BCUT2D eigenvalue weighted by atomic mass is 35.5. The first kappa shape index (κ1) is 18.2. The molecule has 27 heavy (non-hydrogen) atoms. The Kier molecular flexibility index (Phi) is 5.52. The molecule has 8 heteroatoms. The van der Waals surface area contributed by atoms with Gasteiger partial charge in [0.1, 0.15) is 10.8 Å². The third-order valence-corrected chi connectivity index (χ3v) is 5.69. The maximum Gasteiger partial charge on any atom is 0.231 e. The first-order chi connectivity index (χ1) is 13.2. The van der Waals surface area contributed by atoms with Crippen LogP contribution in [0.3, 0.4) is 0 Å². The third kappa shape index (κ3) is 4.37. The maximum atomic E-state index is 12.4. The highest BCUT2D eigenvalue weighted by Crippen LogP contribution is 2.30. The smallest absolute Gasteiger partial charge is 0.231 e. The van der Waals surface area contributed by atoms with Crippen molar-refractivity contribution in [3.63, 3.8) is 0 Å². The van der Waals surface area contributed by atoms with E-state index in [-0.39, 0.29) is 12.3 Å². The molecule has 1 saturated heterocycles. The van der Waals surface area contributed by atoms with E-state index < -0.39 is 0 Å². The first-order valence-electron chi connectivity index (χ1n) is 8.78. The van der Waals surface area contributed by atoms with E-state index in [0.717, 1.165) is 42.4 Å². The Morgan fingerprint density at radius 3 is 3.07 bits per heavy atom.